The second-order valence-electron chi connectivity index (χ2n) is 9.41. The van der Waals surface area contributed by atoms with E-state index in [1.54, 1.807) is 24.3 Å². The normalized spacial score (nSPS) is 14.1. The van der Waals surface area contributed by atoms with E-state index in [2.05, 4.69) is 60.9 Å². The van der Waals surface area contributed by atoms with Gasteiger partial charge >= 0.3 is 6.03 Å². The summed E-state index contributed by atoms with van der Waals surface area (Å²) in [6.07, 6.45) is 0. The van der Waals surface area contributed by atoms with Crippen LogP contribution in [0.5, 0.6) is 0 Å². The predicted molar refractivity (Wildman–Crippen MR) is 153 cm³/mol. The molecule has 0 spiro atoms. The van der Waals surface area contributed by atoms with E-state index in [0.29, 0.717) is 16.4 Å². The number of halogens is 1. The quantitative estimate of drug-likeness (QED) is 0.236. The number of nitrogens with zero attached hydrogens (tertiary/aromatic N) is 4. The molecule has 0 saturated carbocycles. The van der Waals surface area contributed by atoms with Gasteiger partial charge in [-0.15, -0.1) is 0 Å². The van der Waals surface area contributed by atoms with Crippen molar-refractivity contribution in [3.05, 3.63) is 77.8 Å². The van der Waals surface area contributed by atoms with Crippen LogP contribution in [0.3, 0.4) is 0 Å². The molecule has 1 aliphatic rings. The Morgan fingerprint density at radius 2 is 1.71 bits per heavy atom. The summed E-state index contributed by atoms with van der Waals surface area (Å²) in [6, 6.07) is 22.5. The molecule has 3 heterocycles. The summed E-state index contributed by atoms with van der Waals surface area (Å²) in [5, 5.41) is 13.7. The summed E-state index contributed by atoms with van der Waals surface area (Å²) in [5.74, 6) is 0.741. The molecule has 0 aliphatic carbocycles. The lowest BCUT2D eigenvalue weighted by Crippen LogP contribution is -2.44. The Bertz CT molecular complexity index is 1580. The highest BCUT2D eigenvalue weighted by Gasteiger charge is 2.16. The van der Waals surface area contributed by atoms with Gasteiger partial charge < -0.3 is 25.4 Å². The molecule has 4 N–H and O–H groups in total. The number of carbonyl (C=O) groups is 1. The summed E-state index contributed by atoms with van der Waals surface area (Å²) in [7, 11) is 2.16. The maximum Gasteiger partial charge on any atom is 0.323 e. The van der Waals surface area contributed by atoms with E-state index in [0.717, 1.165) is 60.0 Å². The molecule has 10 heteroatoms. The summed E-state index contributed by atoms with van der Waals surface area (Å²) in [5.41, 5.74) is 6.92. The van der Waals surface area contributed by atoms with Crippen molar-refractivity contribution in [2.75, 3.05) is 48.8 Å². The minimum absolute atomic E-state index is 0.345. The van der Waals surface area contributed by atoms with Crippen molar-refractivity contribution >= 4 is 45.7 Å². The predicted octanol–water partition coefficient (Wildman–Crippen LogP) is 5.67. The fourth-order valence-electron chi connectivity index (χ4n) is 4.56. The highest BCUT2D eigenvalue weighted by Crippen LogP contribution is 2.27. The number of aromatic amines is 2. The van der Waals surface area contributed by atoms with Crippen LogP contribution in [-0.4, -0.2) is 64.3 Å². The van der Waals surface area contributed by atoms with Crippen molar-refractivity contribution in [3.63, 3.8) is 0 Å². The van der Waals surface area contributed by atoms with Gasteiger partial charge in [-0.25, -0.2) is 9.78 Å². The average Bonchev–Trinajstić information content (AvgIpc) is 3.57. The maximum absolute atomic E-state index is 12.3. The third-order valence-corrected chi connectivity index (χ3v) is 6.92. The van der Waals surface area contributed by atoms with Gasteiger partial charge in [0.25, 0.3) is 0 Å². The van der Waals surface area contributed by atoms with Crippen molar-refractivity contribution in [1.82, 2.24) is 25.1 Å². The fourth-order valence-corrected chi connectivity index (χ4v) is 4.75. The van der Waals surface area contributed by atoms with Crippen molar-refractivity contribution in [2.24, 2.45) is 0 Å². The zero-order valence-corrected chi connectivity index (χ0v) is 21.6. The second kappa shape index (κ2) is 10.2. The molecule has 0 unspecified atom stereocenters. The molecule has 0 atom stereocenters. The molecule has 6 rings (SSSR count). The number of fused-ring (bicyclic) bond motifs is 1. The number of nitrogens with one attached hydrogen (secondary N) is 4. The summed E-state index contributed by atoms with van der Waals surface area (Å²) in [6.45, 7) is 4.18. The van der Waals surface area contributed by atoms with Crippen LogP contribution in [0.25, 0.3) is 33.8 Å². The second-order valence-corrected chi connectivity index (χ2v) is 9.85. The first kappa shape index (κ1) is 24.0. The molecule has 0 bridgehead atoms. The lowest BCUT2D eigenvalue weighted by molar-refractivity contribution is 0.262. The standard InChI is InChI=1S/C28H27ClN8O/c1-36-11-13-37(14-12-36)22-9-10-23-25(16-22)33-27(32-23)26-17-24(34-35-26)18-5-7-20(8-6-18)30-28(38)31-21-4-2-3-19(29)15-21/h2-10,15-17H,11-14H2,1H3,(H,32,33)(H,34,35)(H2,30,31,38). The van der Waals surface area contributed by atoms with Crippen molar-refractivity contribution in [1.29, 1.82) is 0 Å². The molecule has 1 saturated heterocycles. The summed E-state index contributed by atoms with van der Waals surface area (Å²) < 4.78 is 0. The number of anilines is 3. The average molecular weight is 527 g/mol. The molecule has 9 nitrogen and oxygen atoms in total. The highest BCUT2D eigenvalue weighted by molar-refractivity contribution is 6.30. The van der Waals surface area contributed by atoms with Crippen LogP contribution in [0.15, 0.2) is 72.8 Å². The number of aromatic nitrogens is 4. The molecular formula is C28H27ClN8O. The zero-order chi connectivity index (χ0) is 26.1. The maximum atomic E-state index is 12.3. The van der Waals surface area contributed by atoms with Gasteiger partial charge in [-0.3, -0.25) is 5.10 Å². The molecule has 5 aromatic rings. The van der Waals surface area contributed by atoms with Gasteiger partial charge in [0.2, 0.25) is 0 Å². The van der Waals surface area contributed by atoms with Gasteiger partial charge in [0.05, 0.1) is 16.7 Å². The van der Waals surface area contributed by atoms with Gasteiger partial charge in [-0.05, 0) is 61.6 Å². The number of rotatable bonds is 5. The summed E-state index contributed by atoms with van der Waals surface area (Å²) in [4.78, 5) is 25.3. The van der Waals surface area contributed by atoms with Crippen LogP contribution >= 0.6 is 11.6 Å². The van der Waals surface area contributed by atoms with Gasteiger partial charge in [-0.1, -0.05) is 29.8 Å². The van der Waals surface area contributed by atoms with Crippen molar-refractivity contribution in [2.45, 2.75) is 0 Å². The molecule has 38 heavy (non-hydrogen) atoms. The minimum atomic E-state index is -0.345. The van der Waals surface area contributed by atoms with E-state index < -0.39 is 0 Å². The molecule has 3 aromatic carbocycles. The Morgan fingerprint density at radius 3 is 2.50 bits per heavy atom. The number of imidazole rings is 1. The van der Waals surface area contributed by atoms with Gasteiger partial charge in [0.15, 0.2) is 5.82 Å². The lowest BCUT2D eigenvalue weighted by atomic mass is 10.1. The fraction of sp³-hybridized carbons (Fsp3) is 0.179. The van der Waals surface area contributed by atoms with E-state index in [1.165, 1.54) is 5.69 Å². The zero-order valence-electron chi connectivity index (χ0n) is 20.8. The van der Waals surface area contributed by atoms with Crippen LogP contribution in [0.2, 0.25) is 5.02 Å². The van der Waals surface area contributed by atoms with Gasteiger partial charge in [0.1, 0.15) is 5.69 Å². The number of urea groups is 1. The topological polar surface area (TPSA) is 105 Å². The van der Waals surface area contributed by atoms with Crippen LogP contribution in [-0.2, 0) is 0 Å². The molecule has 2 amide bonds. The number of carbonyl (C=O) groups excluding carboxylic acids is 1. The van der Waals surface area contributed by atoms with Crippen LogP contribution in [0.4, 0.5) is 21.9 Å². The molecule has 1 fully saturated rings. The molecule has 1 aliphatic heterocycles. The Kier molecular flexibility index (Phi) is 6.45. The monoisotopic (exact) mass is 526 g/mol. The SMILES string of the molecule is CN1CCN(c2ccc3nc(-c4cc(-c5ccc(NC(=O)Nc6cccc(Cl)c6)cc5)n[nH]4)[nH]c3c2)CC1. The van der Waals surface area contributed by atoms with E-state index in [-0.39, 0.29) is 6.03 Å². The Hall–Kier alpha value is -4.34. The third kappa shape index (κ3) is 5.20. The number of likely N-dealkylation sites (N-methyl/N-ethyl adjacent to an activating group) is 1. The molecule has 0 radical (unpaired) electrons. The first-order chi connectivity index (χ1) is 18.5. The molecule has 2 aromatic heterocycles. The Labute approximate surface area is 224 Å². The van der Waals surface area contributed by atoms with E-state index in [4.69, 9.17) is 16.6 Å². The highest BCUT2D eigenvalue weighted by atomic mass is 35.5. The first-order valence-electron chi connectivity index (χ1n) is 12.4. The molecular weight excluding hydrogens is 500 g/mol. The van der Waals surface area contributed by atoms with Crippen molar-refractivity contribution < 1.29 is 4.79 Å². The largest absolute Gasteiger partial charge is 0.369 e. The molecule has 192 valence electrons. The number of H-pyrrole nitrogens is 2. The number of hydrogen-bond acceptors (Lipinski definition) is 5. The smallest absolute Gasteiger partial charge is 0.323 e. The minimum Gasteiger partial charge on any atom is -0.369 e. The number of amides is 2. The van der Waals surface area contributed by atoms with Crippen LogP contribution in [0, 0.1) is 0 Å². The Morgan fingerprint density at radius 1 is 0.921 bits per heavy atom. The first-order valence-corrected chi connectivity index (χ1v) is 12.8. The van der Waals surface area contributed by atoms with Gasteiger partial charge in [-0.2, -0.15) is 5.10 Å². The van der Waals surface area contributed by atoms with E-state index in [1.807, 2.05) is 30.3 Å². The van der Waals surface area contributed by atoms with E-state index >= 15 is 0 Å². The van der Waals surface area contributed by atoms with Crippen LogP contribution < -0.4 is 15.5 Å². The summed E-state index contributed by atoms with van der Waals surface area (Å²) >= 11 is 5.98. The third-order valence-electron chi connectivity index (χ3n) is 6.69. The van der Waals surface area contributed by atoms with Crippen LogP contribution in [0.1, 0.15) is 0 Å². The number of hydrogen-bond donors (Lipinski definition) is 4. The number of benzene rings is 3. The number of piperazine rings is 1. The van der Waals surface area contributed by atoms with E-state index in [9.17, 15) is 4.79 Å². The lowest BCUT2D eigenvalue weighted by Gasteiger charge is -2.34. The van der Waals surface area contributed by atoms with Crippen molar-refractivity contribution in [3.8, 4) is 22.8 Å². The Balaban J connectivity index is 1.13. The van der Waals surface area contributed by atoms with Gasteiger partial charge in [0, 0.05) is 53.8 Å².